The summed E-state index contributed by atoms with van der Waals surface area (Å²) in [6.45, 7) is 2.41. The second-order valence-corrected chi connectivity index (χ2v) is 7.74. The quantitative estimate of drug-likeness (QED) is 0.436. The zero-order chi connectivity index (χ0) is 21.4. The van der Waals surface area contributed by atoms with Crippen LogP contribution in [0.15, 0.2) is 60.9 Å². The summed E-state index contributed by atoms with van der Waals surface area (Å²) >= 11 is 6.12. The molecule has 0 aliphatic heterocycles. The minimum atomic E-state index is -0.130. The Kier molecular flexibility index (Phi) is 4.88. The average Bonchev–Trinajstić information content (AvgIpc) is 3.38. The molecule has 7 nitrogen and oxygen atoms in total. The first kappa shape index (κ1) is 19.3. The van der Waals surface area contributed by atoms with Gasteiger partial charge in [-0.05, 0) is 66.9 Å². The van der Waals surface area contributed by atoms with E-state index in [1.807, 2.05) is 61.7 Å². The van der Waals surface area contributed by atoms with Crippen molar-refractivity contribution >= 4 is 39.6 Å². The van der Waals surface area contributed by atoms with Crippen LogP contribution in [0.5, 0.6) is 0 Å². The number of fused-ring (bicyclic) bond motifs is 2. The van der Waals surface area contributed by atoms with Gasteiger partial charge in [-0.15, -0.1) is 5.10 Å². The molecule has 0 fully saturated rings. The normalized spacial score (nSPS) is 11.3. The maximum absolute atomic E-state index is 12.9. The predicted octanol–water partition coefficient (Wildman–Crippen LogP) is 4.23. The summed E-state index contributed by atoms with van der Waals surface area (Å²) < 4.78 is 1.66. The van der Waals surface area contributed by atoms with Crippen molar-refractivity contribution in [1.29, 1.82) is 0 Å². The number of hydrogen-bond donors (Lipinski definition) is 2. The van der Waals surface area contributed by atoms with Gasteiger partial charge in [-0.2, -0.15) is 4.68 Å². The lowest BCUT2D eigenvalue weighted by Gasteiger charge is -2.11. The Labute approximate surface area is 183 Å². The smallest absolute Gasteiger partial charge is 0.251 e. The maximum atomic E-state index is 12.9. The van der Waals surface area contributed by atoms with E-state index < -0.39 is 0 Å². The van der Waals surface area contributed by atoms with E-state index in [9.17, 15) is 4.79 Å². The lowest BCUT2D eigenvalue weighted by Crippen LogP contribution is -2.26. The lowest BCUT2D eigenvalue weighted by atomic mass is 10.1. The number of halogens is 1. The van der Waals surface area contributed by atoms with Crippen LogP contribution in [0.1, 0.15) is 21.5 Å². The minimum absolute atomic E-state index is 0.130. The monoisotopic (exact) mass is 430 g/mol. The van der Waals surface area contributed by atoms with Gasteiger partial charge < -0.3 is 10.3 Å². The third-order valence-electron chi connectivity index (χ3n) is 5.40. The molecule has 5 aromatic rings. The van der Waals surface area contributed by atoms with Crippen molar-refractivity contribution in [3.63, 3.8) is 0 Å². The van der Waals surface area contributed by atoms with Gasteiger partial charge in [0.2, 0.25) is 0 Å². The van der Waals surface area contributed by atoms with Crippen molar-refractivity contribution in [2.24, 2.45) is 0 Å². The van der Waals surface area contributed by atoms with Crippen LogP contribution in [0, 0.1) is 6.92 Å². The first-order valence-electron chi connectivity index (χ1n) is 9.92. The van der Waals surface area contributed by atoms with Gasteiger partial charge in [0, 0.05) is 40.4 Å². The number of pyridine rings is 1. The van der Waals surface area contributed by atoms with Crippen molar-refractivity contribution in [2.75, 3.05) is 6.54 Å². The zero-order valence-corrected chi connectivity index (χ0v) is 17.5. The molecule has 8 heteroatoms. The van der Waals surface area contributed by atoms with Crippen LogP contribution in [0.25, 0.3) is 27.8 Å². The van der Waals surface area contributed by atoms with Crippen molar-refractivity contribution in [3.8, 4) is 5.69 Å². The fourth-order valence-corrected chi connectivity index (χ4v) is 3.96. The van der Waals surface area contributed by atoms with Crippen LogP contribution in [-0.2, 0) is 6.42 Å². The van der Waals surface area contributed by atoms with Gasteiger partial charge in [-0.25, -0.2) is 4.98 Å². The van der Waals surface area contributed by atoms with Gasteiger partial charge in [0.05, 0.1) is 5.69 Å². The van der Waals surface area contributed by atoms with E-state index in [1.54, 1.807) is 10.9 Å². The number of rotatable bonds is 5. The standard InChI is InChI=1S/C23H19ClN6O/c1-14-17(4-2-6-21(14)30-22-20(28-29-30)5-3-10-25-22)23(31)26-11-9-15-13-27-19-8-7-16(24)12-18(15)19/h2-8,10,12-13,27H,9,11H2,1H3,(H,26,31). The first-order chi connectivity index (χ1) is 15.1. The number of nitrogens with one attached hydrogen (secondary N) is 2. The SMILES string of the molecule is Cc1c(C(=O)NCCc2c[nH]c3ccc(Cl)cc23)cccc1-n1nnc2cccnc21. The number of hydrogen-bond acceptors (Lipinski definition) is 4. The Bertz CT molecular complexity index is 1420. The zero-order valence-electron chi connectivity index (χ0n) is 16.8. The molecule has 0 aliphatic carbocycles. The summed E-state index contributed by atoms with van der Waals surface area (Å²) in [5, 5.41) is 13.2. The number of benzene rings is 2. The second-order valence-electron chi connectivity index (χ2n) is 7.31. The summed E-state index contributed by atoms with van der Waals surface area (Å²) in [6, 6.07) is 15.0. The third-order valence-corrected chi connectivity index (χ3v) is 5.63. The molecule has 0 saturated heterocycles. The second kappa shape index (κ2) is 7.85. The van der Waals surface area contributed by atoms with Gasteiger partial charge in [0.25, 0.3) is 5.91 Å². The summed E-state index contributed by atoms with van der Waals surface area (Å²) in [6.07, 6.45) is 4.36. The molecule has 0 saturated carbocycles. The number of nitrogens with zero attached hydrogens (tertiary/aromatic N) is 4. The molecule has 2 N–H and O–H groups in total. The van der Waals surface area contributed by atoms with Gasteiger partial charge in [-0.3, -0.25) is 4.79 Å². The number of aromatic amines is 1. The molecule has 0 bridgehead atoms. The molecule has 3 aromatic heterocycles. The summed E-state index contributed by atoms with van der Waals surface area (Å²) in [5.74, 6) is -0.130. The Morgan fingerprint density at radius 1 is 1.19 bits per heavy atom. The van der Waals surface area contributed by atoms with Gasteiger partial charge in [0.15, 0.2) is 5.65 Å². The largest absolute Gasteiger partial charge is 0.361 e. The molecular weight excluding hydrogens is 412 g/mol. The lowest BCUT2D eigenvalue weighted by molar-refractivity contribution is 0.0953. The Balaban J connectivity index is 1.35. The molecule has 0 aliphatic rings. The van der Waals surface area contributed by atoms with E-state index in [4.69, 9.17) is 11.6 Å². The average molecular weight is 431 g/mol. The number of H-pyrrole nitrogens is 1. The highest BCUT2D eigenvalue weighted by Crippen LogP contribution is 2.23. The van der Waals surface area contributed by atoms with Gasteiger partial charge in [0.1, 0.15) is 5.52 Å². The highest BCUT2D eigenvalue weighted by Gasteiger charge is 2.15. The van der Waals surface area contributed by atoms with Crippen LogP contribution < -0.4 is 5.32 Å². The number of carbonyl (C=O) groups excluding carboxylic acids is 1. The third kappa shape index (κ3) is 3.53. The molecule has 2 aromatic carbocycles. The Morgan fingerprint density at radius 3 is 3.00 bits per heavy atom. The highest BCUT2D eigenvalue weighted by molar-refractivity contribution is 6.31. The highest BCUT2D eigenvalue weighted by atomic mass is 35.5. The van der Waals surface area contributed by atoms with E-state index in [1.165, 1.54) is 0 Å². The molecule has 0 spiro atoms. The topological polar surface area (TPSA) is 88.5 Å². The Hall–Kier alpha value is -3.71. The van der Waals surface area contributed by atoms with E-state index in [0.717, 1.165) is 27.7 Å². The molecular formula is C23H19ClN6O. The molecule has 5 rings (SSSR count). The van der Waals surface area contributed by atoms with E-state index in [2.05, 4.69) is 25.6 Å². The fourth-order valence-electron chi connectivity index (χ4n) is 3.79. The van der Waals surface area contributed by atoms with Crippen LogP contribution in [0.3, 0.4) is 0 Å². The first-order valence-corrected chi connectivity index (χ1v) is 10.3. The number of carbonyl (C=O) groups is 1. The van der Waals surface area contributed by atoms with Crippen LogP contribution in [-0.4, -0.2) is 37.4 Å². The number of aromatic nitrogens is 5. The predicted molar refractivity (Wildman–Crippen MR) is 121 cm³/mol. The molecule has 0 radical (unpaired) electrons. The maximum Gasteiger partial charge on any atom is 0.251 e. The van der Waals surface area contributed by atoms with E-state index in [0.29, 0.717) is 34.7 Å². The number of amides is 1. The fraction of sp³-hybridized carbons (Fsp3) is 0.130. The molecule has 154 valence electrons. The van der Waals surface area contributed by atoms with Crippen molar-refractivity contribution < 1.29 is 4.79 Å². The van der Waals surface area contributed by atoms with E-state index in [-0.39, 0.29) is 5.91 Å². The molecule has 1 amide bonds. The molecule has 31 heavy (non-hydrogen) atoms. The van der Waals surface area contributed by atoms with Crippen molar-refractivity contribution in [2.45, 2.75) is 13.3 Å². The van der Waals surface area contributed by atoms with Crippen molar-refractivity contribution in [3.05, 3.63) is 82.6 Å². The minimum Gasteiger partial charge on any atom is -0.361 e. The van der Waals surface area contributed by atoms with E-state index >= 15 is 0 Å². The van der Waals surface area contributed by atoms with Crippen LogP contribution in [0.4, 0.5) is 0 Å². The summed E-state index contributed by atoms with van der Waals surface area (Å²) in [5.41, 5.74) is 5.69. The molecule has 0 unspecified atom stereocenters. The van der Waals surface area contributed by atoms with Crippen LogP contribution >= 0.6 is 11.6 Å². The molecule has 0 atom stereocenters. The summed E-state index contributed by atoms with van der Waals surface area (Å²) in [4.78, 5) is 20.5. The van der Waals surface area contributed by atoms with Crippen LogP contribution in [0.2, 0.25) is 5.02 Å². The summed E-state index contributed by atoms with van der Waals surface area (Å²) in [7, 11) is 0. The van der Waals surface area contributed by atoms with Gasteiger partial charge >= 0.3 is 0 Å². The van der Waals surface area contributed by atoms with Crippen molar-refractivity contribution in [1.82, 2.24) is 30.3 Å². The Morgan fingerprint density at radius 2 is 2.10 bits per heavy atom. The van der Waals surface area contributed by atoms with Gasteiger partial charge in [-0.1, -0.05) is 22.9 Å². The molecule has 3 heterocycles.